The summed E-state index contributed by atoms with van der Waals surface area (Å²) >= 11 is 0. The van der Waals surface area contributed by atoms with Crippen molar-refractivity contribution < 1.29 is 9.47 Å². The highest BCUT2D eigenvalue weighted by Crippen LogP contribution is 2.64. The van der Waals surface area contributed by atoms with Gasteiger partial charge in [-0.2, -0.15) is 0 Å². The topological polar surface area (TPSA) is 21.7 Å². The van der Waals surface area contributed by atoms with Crippen molar-refractivity contribution in [3.8, 4) is 34.1 Å². The first-order valence-electron chi connectivity index (χ1n) is 16.4. The zero-order valence-electron chi connectivity index (χ0n) is 25.9. The van der Waals surface area contributed by atoms with Crippen molar-refractivity contribution in [3.05, 3.63) is 186 Å². The van der Waals surface area contributed by atoms with Gasteiger partial charge in [0.2, 0.25) is 0 Å². The standard InChI is InChI=1S/C45H27NO2/c1-3-13-31-28(11-1)21-25-36-43(31)48-44-32-14-4-2-12-29(32)22-26-37(44)45(36)35-16-6-5-15-33(35)34-24-23-30(27-38(34)45)46-39-17-7-9-19-41(39)47-42-20-10-8-18-40(42)46/h1-27H. The molecule has 48 heavy (non-hydrogen) atoms. The Balaban J connectivity index is 1.28. The van der Waals surface area contributed by atoms with Crippen molar-refractivity contribution in [1.29, 1.82) is 0 Å². The molecular formula is C45H27NO2. The summed E-state index contributed by atoms with van der Waals surface area (Å²) in [6, 6.07) is 58.8. The van der Waals surface area contributed by atoms with E-state index in [0.29, 0.717) is 0 Å². The number of hydrogen-bond acceptors (Lipinski definition) is 3. The molecule has 2 heterocycles. The maximum Gasteiger partial charge on any atom is 0.151 e. The van der Waals surface area contributed by atoms with E-state index >= 15 is 0 Å². The number of anilines is 3. The van der Waals surface area contributed by atoms with Crippen LogP contribution in [0.2, 0.25) is 0 Å². The van der Waals surface area contributed by atoms with Gasteiger partial charge in [0, 0.05) is 27.6 Å². The van der Waals surface area contributed by atoms with Gasteiger partial charge in [0.05, 0.1) is 16.8 Å². The molecule has 224 valence electrons. The van der Waals surface area contributed by atoms with Crippen LogP contribution in [-0.2, 0) is 5.41 Å². The van der Waals surface area contributed by atoms with E-state index in [1.54, 1.807) is 0 Å². The van der Waals surface area contributed by atoms with Crippen molar-refractivity contribution in [2.24, 2.45) is 0 Å². The lowest BCUT2D eigenvalue weighted by Crippen LogP contribution is -2.32. The van der Waals surface area contributed by atoms with Crippen LogP contribution in [0.15, 0.2) is 164 Å². The van der Waals surface area contributed by atoms with Crippen molar-refractivity contribution in [1.82, 2.24) is 0 Å². The average Bonchev–Trinajstić information content (AvgIpc) is 3.43. The van der Waals surface area contributed by atoms with Crippen molar-refractivity contribution >= 4 is 38.6 Å². The minimum atomic E-state index is -0.607. The normalized spacial score (nSPS) is 14.3. The summed E-state index contributed by atoms with van der Waals surface area (Å²) in [6.45, 7) is 0. The third-order valence-corrected chi connectivity index (χ3v) is 10.5. The van der Waals surface area contributed by atoms with Gasteiger partial charge in [-0.25, -0.2) is 0 Å². The van der Waals surface area contributed by atoms with Crippen LogP contribution < -0.4 is 14.4 Å². The average molecular weight is 614 g/mol. The van der Waals surface area contributed by atoms with Crippen molar-refractivity contribution in [3.63, 3.8) is 0 Å². The zero-order valence-corrected chi connectivity index (χ0v) is 25.9. The minimum Gasteiger partial charge on any atom is -0.455 e. The van der Waals surface area contributed by atoms with Crippen molar-refractivity contribution in [2.75, 3.05) is 4.90 Å². The molecule has 0 fully saturated rings. The Morgan fingerprint density at radius 2 is 0.938 bits per heavy atom. The molecule has 1 spiro atoms. The molecule has 3 aliphatic rings. The van der Waals surface area contributed by atoms with Gasteiger partial charge in [0.1, 0.15) is 11.5 Å². The molecule has 8 aromatic carbocycles. The molecule has 3 nitrogen and oxygen atoms in total. The van der Waals surface area contributed by atoms with Gasteiger partial charge in [-0.3, -0.25) is 0 Å². The molecule has 0 unspecified atom stereocenters. The maximum atomic E-state index is 7.13. The molecule has 0 saturated heterocycles. The fraction of sp³-hybridized carbons (Fsp3) is 0.0222. The largest absolute Gasteiger partial charge is 0.455 e. The van der Waals surface area contributed by atoms with Gasteiger partial charge >= 0.3 is 0 Å². The van der Waals surface area contributed by atoms with Gasteiger partial charge in [-0.05, 0) is 69.4 Å². The first-order valence-corrected chi connectivity index (χ1v) is 16.4. The third-order valence-electron chi connectivity index (χ3n) is 10.5. The highest BCUT2D eigenvalue weighted by molar-refractivity contribution is 6.00. The number of benzene rings is 8. The third kappa shape index (κ3) is 3.22. The summed E-state index contributed by atoms with van der Waals surface area (Å²) < 4.78 is 13.5. The number of fused-ring (bicyclic) bond motifs is 15. The Labute approximate surface area is 277 Å². The van der Waals surface area contributed by atoms with Gasteiger partial charge in [0.15, 0.2) is 11.5 Å². The predicted molar refractivity (Wildman–Crippen MR) is 194 cm³/mol. The zero-order chi connectivity index (χ0) is 31.4. The molecule has 0 saturated carbocycles. The van der Waals surface area contributed by atoms with Crippen LogP contribution in [0, 0.1) is 0 Å². The van der Waals surface area contributed by atoms with Crippen LogP contribution >= 0.6 is 0 Å². The van der Waals surface area contributed by atoms with E-state index in [2.05, 4.69) is 144 Å². The Hall–Kier alpha value is -6.32. The molecule has 0 N–H and O–H groups in total. The lowest BCUT2D eigenvalue weighted by Gasteiger charge is -2.41. The van der Waals surface area contributed by atoms with E-state index < -0.39 is 5.41 Å². The maximum absolute atomic E-state index is 7.13. The lowest BCUT2D eigenvalue weighted by atomic mass is 9.65. The monoisotopic (exact) mass is 613 g/mol. The summed E-state index contributed by atoms with van der Waals surface area (Å²) in [7, 11) is 0. The van der Waals surface area contributed by atoms with Crippen LogP contribution in [0.4, 0.5) is 17.1 Å². The smallest absolute Gasteiger partial charge is 0.151 e. The lowest BCUT2D eigenvalue weighted by molar-refractivity contribution is 0.447. The number of hydrogen-bond donors (Lipinski definition) is 0. The number of para-hydroxylation sites is 4. The van der Waals surface area contributed by atoms with E-state index in [0.717, 1.165) is 72.7 Å². The van der Waals surface area contributed by atoms with Gasteiger partial charge < -0.3 is 14.4 Å². The van der Waals surface area contributed by atoms with Gasteiger partial charge in [-0.15, -0.1) is 0 Å². The van der Waals surface area contributed by atoms with Crippen LogP contribution in [0.5, 0.6) is 23.0 Å². The Kier molecular flexibility index (Phi) is 5.04. The van der Waals surface area contributed by atoms with E-state index in [4.69, 9.17) is 9.47 Å². The summed E-state index contributed by atoms with van der Waals surface area (Å²) in [5.74, 6) is 3.53. The quantitative estimate of drug-likeness (QED) is 0.184. The first-order chi connectivity index (χ1) is 23.8. The molecule has 0 atom stereocenters. The van der Waals surface area contributed by atoms with E-state index in [1.165, 1.54) is 22.3 Å². The fourth-order valence-corrected chi connectivity index (χ4v) is 8.51. The second-order valence-electron chi connectivity index (χ2n) is 12.8. The molecule has 2 aliphatic heterocycles. The van der Waals surface area contributed by atoms with Crippen LogP contribution in [-0.4, -0.2) is 0 Å². The molecule has 0 aromatic heterocycles. The van der Waals surface area contributed by atoms with Crippen LogP contribution in [0.3, 0.4) is 0 Å². The molecule has 1 aliphatic carbocycles. The summed E-state index contributed by atoms with van der Waals surface area (Å²) in [6.07, 6.45) is 0. The second-order valence-corrected chi connectivity index (χ2v) is 12.8. The Bertz CT molecular complexity index is 2520. The van der Waals surface area contributed by atoms with E-state index in [-0.39, 0.29) is 0 Å². The molecule has 0 amide bonds. The molecule has 3 heteroatoms. The summed E-state index contributed by atoms with van der Waals surface area (Å²) in [4.78, 5) is 2.34. The van der Waals surface area contributed by atoms with Gasteiger partial charge in [-0.1, -0.05) is 127 Å². The molecule has 0 radical (unpaired) electrons. The number of rotatable bonds is 1. The van der Waals surface area contributed by atoms with E-state index in [1.807, 2.05) is 24.3 Å². The summed E-state index contributed by atoms with van der Waals surface area (Å²) in [5, 5.41) is 4.56. The van der Waals surface area contributed by atoms with Crippen LogP contribution in [0.25, 0.3) is 32.7 Å². The highest BCUT2D eigenvalue weighted by atomic mass is 16.5. The van der Waals surface area contributed by atoms with Crippen molar-refractivity contribution in [2.45, 2.75) is 5.41 Å². The van der Waals surface area contributed by atoms with Crippen LogP contribution in [0.1, 0.15) is 22.3 Å². The number of ether oxygens (including phenoxy) is 2. The number of nitrogens with zero attached hydrogens (tertiary/aromatic N) is 1. The van der Waals surface area contributed by atoms with E-state index in [9.17, 15) is 0 Å². The fourth-order valence-electron chi connectivity index (χ4n) is 8.51. The minimum absolute atomic E-state index is 0.607. The Morgan fingerprint density at radius 1 is 0.396 bits per heavy atom. The first kappa shape index (κ1) is 25.8. The molecule has 8 aromatic rings. The SMILES string of the molecule is c1ccc2c(c1)Oc1ccccc1N2c1ccc2c(c1)C1(c3ccccc3-2)c2ccc3ccccc3c2Oc2c1ccc1ccccc21. The Morgan fingerprint density at radius 3 is 1.60 bits per heavy atom. The highest BCUT2D eigenvalue weighted by Gasteiger charge is 2.52. The molecular weight excluding hydrogens is 587 g/mol. The summed E-state index contributed by atoms with van der Waals surface area (Å²) in [5.41, 5.74) is 9.85. The molecule has 0 bridgehead atoms. The van der Waals surface area contributed by atoms with Gasteiger partial charge in [0.25, 0.3) is 0 Å². The predicted octanol–water partition coefficient (Wildman–Crippen LogP) is 12.0. The second kappa shape index (κ2) is 9.37. The molecule has 11 rings (SSSR count).